The molecule has 0 heterocycles. The SMILES string of the molecule is CCN(c1ccccc1)C(F)(F)C(F)(F)F. The van der Waals surface area contributed by atoms with Crippen molar-refractivity contribution in [1.29, 1.82) is 0 Å². The van der Waals surface area contributed by atoms with Crippen molar-refractivity contribution in [3.05, 3.63) is 30.3 Å². The molecule has 0 fully saturated rings. The van der Waals surface area contributed by atoms with Crippen molar-refractivity contribution in [1.82, 2.24) is 0 Å². The smallest absolute Gasteiger partial charge is 0.306 e. The Morgan fingerprint density at radius 3 is 1.88 bits per heavy atom. The van der Waals surface area contributed by atoms with Crippen LogP contribution in [-0.2, 0) is 0 Å². The van der Waals surface area contributed by atoms with Gasteiger partial charge in [-0.2, -0.15) is 22.0 Å². The Hall–Kier alpha value is -1.33. The van der Waals surface area contributed by atoms with Gasteiger partial charge in [-0.25, -0.2) is 0 Å². The Bertz CT molecular complexity index is 333. The third-order valence-corrected chi connectivity index (χ3v) is 2.06. The van der Waals surface area contributed by atoms with Gasteiger partial charge in [0.15, 0.2) is 0 Å². The molecule has 0 amide bonds. The van der Waals surface area contributed by atoms with Crippen molar-refractivity contribution in [2.75, 3.05) is 11.4 Å². The topological polar surface area (TPSA) is 3.24 Å². The summed E-state index contributed by atoms with van der Waals surface area (Å²) < 4.78 is 62.7. The van der Waals surface area contributed by atoms with E-state index in [1.807, 2.05) is 0 Å². The standard InChI is InChI=1S/C10H10F5N/c1-2-16(8-6-4-3-5-7-8)10(14,15)9(11,12)13/h3-7H,2H2,1H3. The van der Waals surface area contributed by atoms with Gasteiger partial charge in [0.25, 0.3) is 0 Å². The highest BCUT2D eigenvalue weighted by Gasteiger charge is 2.61. The normalized spacial score (nSPS) is 12.6. The number of rotatable bonds is 3. The molecule has 0 atom stereocenters. The van der Waals surface area contributed by atoms with Gasteiger partial charge in [0.2, 0.25) is 0 Å². The maximum atomic E-state index is 13.1. The number of para-hydroxylation sites is 1. The molecule has 0 aromatic heterocycles. The second-order valence-corrected chi connectivity index (χ2v) is 3.12. The minimum absolute atomic E-state index is 0.0208. The minimum Gasteiger partial charge on any atom is -0.306 e. The molecule has 0 unspecified atom stereocenters. The van der Waals surface area contributed by atoms with E-state index in [9.17, 15) is 22.0 Å². The van der Waals surface area contributed by atoms with Crippen LogP contribution in [-0.4, -0.2) is 18.8 Å². The Morgan fingerprint density at radius 1 is 1.00 bits per heavy atom. The molecule has 0 spiro atoms. The van der Waals surface area contributed by atoms with E-state index in [0.29, 0.717) is 0 Å². The Balaban J connectivity index is 3.09. The van der Waals surface area contributed by atoms with Crippen LogP contribution in [0.2, 0.25) is 0 Å². The zero-order valence-corrected chi connectivity index (χ0v) is 8.43. The number of anilines is 1. The minimum atomic E-state index is -5.58. The molecule has 90 valence electrons. The number of nitrogens with zero attached hydrogens (tertiary/aromatic N) is 1. The fourth-order valence-corrected chi connectivity index (χ4v) is 1.30. The van der Waals surface area contributed by atoms with Crippen molar-refractivity contribution < 1.29 is 22.0 Å². The first-order valence-corrected chi connectivity index (χ1v) is 4.58. The van der Waals surface area contributed by atoms with Gasteiger partial charge in [-0.15, -0.1) is 0 Å². The predicted octanol–water partition coefficient (Wildman–Crippen LogP) is 3.67. The molecule has 6 heteroatoms. The first-order valence-electron chi connectivity index (χ1n) is 4.58. The molecule has 1 aromatic rings. The van der Waals surface area contributed by atoms with Crippen molar-refractivity contribution in [2.45, 2.75) is 19.1 Å². The summed E-state index contributed by atoms with van der Waals surface area (Å²) in [6.07, 6.45) is -5.58. The van der Waals surface area contributed by atoms with Crippen LogP contribution < -0.4 is 4.90 Å². The molecule has 0 bridgehead atoms. The van der Waals surface area contributed by atoms with E-state index in [1.165, 1.54) is 31.2 Å². The van der Waals surface area contributed by atoms with Gasteiger partial charge in [-0.3, -0.25) is 0 Å². The van der Waals surface area contributed by atoms with Gasteiger partial charge >= 0.3 is 12.2 Å². The van der Waals surface area contributed by atoms with Crippen LogP contribution >= 0.6 is 0 Å². The first-order chi connectivity index (χ1) is 7.30. The highest BCUT2D eigenvalue weighted by atomic mass is 19.4. The molecular formula is C10H10F5N. The van der Waals surface area contributed by atoms with Crippen LogP contribution in [0.3, 0.4) is 0 Å². The fraction of sp³-hybridized carbons (Fsp3) is 0.400. The lowest BCUT2D eigenvalue weighted by Crippen LogP contribution is -2.52. The van der Waals surface area contributed by atoms with Crippen LogP contribution in [0.15, 0.2) is 30.3 Å². The highest BCUT2D eigenvalue weighted by molar-refractivity contribution is 5.47. The van der Waals surface area contributed by atoms with Crippen molar-refractivity contribution in [3.63, 3.8) is 0 Å². The van der Waals surface area contributed by atoms with E-state index in [0.717, 1.165) is 0 Å². The van der Waals surface area contributed by atoms with Gasteiger partial charge in [0.1, 0.15) is 0 Å². The number of alkyl halides is 5. The van der Waals surface area contributed by atoms with E-state index >= 15 is 0 Å². The van der Waals surface area contributed by atoms with Crippen molar-refractivity contribution in [2.24, 2.45) is 0 Å². The third kappa shape index (κ3) is 2.25. The summed E-state index contributed by atoms with van der Waals surface area (Å²) in [4.78, 5) is 0.0208. The van der Waals surface area contributed by atoms with E-state index in [1.54, 1.807) is 6.07 Å². The monoisotopic (exact) mass is 239 g/mol. The summed E-state index contributed by atoms with van der Waals surface area (Å²) in [5.41, 5.74) is -0.160. The van der Waals surface area contributed by atoms with E-state index in [2.05, 4.69) is 0 Å². The molecule has 0 aliphatic heterocycles. The molecule has 1 nitrogen and oxygen atoms in total. The Morgan fingerprint density at radius 2 is 1.50 bits per heavy atom. The van der Waals surface area contributed by atoms with Gasteiger partial charge in [0, 0.05) is 12.2 Å². The molecular weight excluding hydrogens is 229 g/mol. The number of halogens is 5. The van der Waals surface area contributed by atoms with E-state index in [-0.39, 0.29) is 10.6 Å². The lowest BCUT2D eigenvalue weighted by Gasteiger charge is -2.33. The van der Waals surface area contributed by atoms with Crippen LogP contribution in [0.1, 0.15) is 6.92 Å². The number of hydrogen-bond acceptors (Lipinski definition) is 1. The second kappa shape index (κ2) is 4.27. The molecule has 0 saturated heterocycles. The predicted molar refractivity (Wildman–Crippen MR) is 50.5 cm³/mol. The summed E-state index contributed by atoms with van der Waals surface area (Å²) >= 11 is 0. The van der Waals surface area contributed by atoms with Gasteiger partial charge in [-0.1, -0.05) is 18.2 Å². The Kier molecular flexibility index (Phi) is 3.40. The summed E-state index contributed by atoms with van der Waals surface area (Å²) in [6, 6.07) is 1.92. The number of benzene rings is 1. The summed E-state index contributed by atoms with van der Waals surface area (Å²) in [6.45, 7) is 0.809. The molecule has 0 saturated carbocycles. The summed E-state index contributed by atoms with van der Waals surface area (Å²) in [5.74, 6) is 0. The van der Waals surface area contributed by atoms with Crippen LogP contribution in [0.25, 0.3) is 0 Å². The molecule has 1 aromatic carbocycles. The lowest BCUT2D eigenvalue weighted by molar-refractivity contribution is -0.281. The van der Waals surface area contributed by atoms with Crippen LogP contribution in [0.4, 0.5) is 27.6 Å². The Labute approximate surface area is 89.5 Å². The summed E-state index contributed by atoms with van der Waals surface area (Å²) in [7, 11) is 0. The zero-order valence-electron chi connectivity index (χ0n) is 8.43. The molecule has 0 aliphatic carbocycles. The van der Waals surface area contributed by atoms with Crippen molar-refractivity contribution >= 4 is 5.69 Å². The average Bonchev–Trinajstić information content (AvgIpc) is 2.18. The highest BCUT2D eigenvalue weighted by Crippen LogP contribution is 2.40. The maximum absolute atomic E-state index is 13.1. The molecule has 16 heavy (non-hydrogen) atoms. The quantitative estimate of drug-likeness (QED) is 0.574. The first kappa shape index (κ1) is 12.7. The van der Waals surface area contributed by atoms with Crippen LogP contribution in [0.5, 0.6) is 0 Å². The average molecular weight is 239 g/mol. The van der Waals surface area contributed by atoms with Gasteiger partial charge in [-0.05, 0) is 19.1 Å². The third-order valence-electron chi connectivity index (χ3n) is 2.06. The second-order valence-electron chi connectivity index (χ2n) is 3.12. The van der Waals surface area contributed by atoms with Gasteiger partial charge in [0.05, 0.1) is 0 Å². The van der Waals surface area contributed by atoms with Crippen molar-refractivity contribution in [3.8, 4) is 0 Å². The molecule has 1 rings (SSSR count). The molecule has 0 radical (unpaired) electrons. The zero-order chi connectivity index (χ0) is 12.4. The fourth-order valence-electron chi connectivity index (χ4n) is 1.30. The van der Waals surface area contributed by atoms with Crippen LogP contribution in [0, 0.1) is 0 Å². The lowest BCUT2D eigenvalue weighted by atomic mass is 10.2. The maximum Gasteiger partial charge on any atom is 0.475 e. The van der Waals surface area contributed by atoms with E-state index < -0.39 is 18.8 Å². The molecule has 0 aliphatic rings. The van der Waals surface area contributed by atoms with E-state index in [4.69, 9.17) is 0 Å². The largest absolute Gasteiger partial charge is 0.475 e. The molecule has 0 N–H and O–H groups in total. The number of hydrogen-bond donors (Lipinski definition) is 0. The summed E-state index contributed by atoms with van der Waals surface area (Å²) in [5, 5.41) is 0. The van der Waals surface area contributed by atoms with Gasteiger partial charge < -0.3 is 4.90 Å².